The monoisotopic (exact) mass is 481 g/mol. The molecule has 0 fully saturated rings. The Hall–Kier alpha value is -3.85. The van der Waals surface area contributed by atoms with Gasteiger partial charge in [-0.3, -0.25) is 9.10 Å². The lowest BCUT2D eigenvalue weighted by molar-refractivity contribution is -0.119. The predicted octanol–water partition coefficient (Wildman–Crippen LogP) is 4.18. The molecule has 0 aliphatic carbocycles. The van der Waals surface area contributed by atoms with E-state index < -0.39 is 22.5 Å². The number of amides is 1. The molecule has 0 aliphatic rings. The minimum absolute atomic E-state index is 0.338. The maximum atomic E-state index is 12.5. The summed E-state index contributed by atoms with van der Waals surface area (Å²) in [4.78, 5) is 12.5. The van der Waals surface area contributed by atoms with E-state index in [1.165, 1.54) is 0 Å². The molecule has 1 N–H and O–H groups in total. The van der Waals surface area contributed by atoms with Gasteiger partial charge in [-0.05, 0) is 80.1 Å². The normalized spacial score (nSPS) is 11.6. The summed E-state index contributed by atoms with van der Waals surface area (Å²) in [7, 11) is -3.72. The molecule has 0 saturated heterocycles. The van der Waals surface area contributed by atoms with Crippen LogP contribution in [0.5, 0.6) is 17.2 Å². The predicted molar refractivity (Wildman–Crippen MR) is 133 cm³/mol. The van der Waals surface area contributed by atoms with Crippen LogP contribution in [0, 0.1) is 0 Å². The largest absolute Gasteiger partial charge is 0.494 e. The first-order chi connectivity index (χ1) is 16.3. The van der Waals surface area contributed by atoms with Crippen molar-refractivity contribution >= 4 is 27.3 Å². The van der Waals surface area contributed by atoms with Gasteiger partial charge in [0.05, 0.1) is 24.3 Å². The maximum absolute atomic E-state index is 12.5. The number of anilines is 1. The van der Waals surface area contributed by atoms with Crippen LogP contribution in [-0.2, 0) is 14.8 Å². The number of hydrogen-bond donors (Lipinski definition) is 1. The van der Waals surface area contributed by atoms with E-state index in [1.54, 1.807) is 31.2 Å². The zero-order chi connectivity index (χ0) is 24.6. The van der Waals surface area contributed by atoms with Crippen molar-refractivity contribution in [3.63, 3.8) is 0 Å². The number of hydrogen-bond acceptors (Lipinski definition) is 6. The van der Waals surface area contributed by atoms with Gasteiger partial charge in [-0.1, -0.05) is 18.2 Å². The second kappa shape index (κ2) is 11.3. The Morgan fingerprint density at radius 2 is 1.50 bits per heavy atom. The Morgan fingerprint density at radius 3 is 2.09 bits per heavy atom. The van der Waals surface area contributed by atoms with Gasteiger partial charge in [0.1, 0.15) is 23.8 Å². The van der Waals surface area contributed by atoms with Crippen molar-refractivity contribution in [2.24, 2.45) is 5.10 Å². The standard InChI is InChI=1S/C25H27N3O5S/c1-4-32-22-14-10-20(11-15-22)19(2)26-27-25(29)18-28(34(3,30)31)21-12-16-24(17-13-21)33-23-8-6-5-7-9-23/h5-17H,4,18H2,1-3H3,(H,27,29). The van der Waals surface area contributed by atoms with Crippen LogP contribution in [0.3, 0.4) is 0 Å². The van der Waals surface area contributed by atoms with Crippen LogP contribution in [0.2, 0.25) is 0 Å². The van der Waals surface area contributed by atoms with E-state index >= 15 is 0 Å². The summed E-state index contributed by atoms with van der Waals surface area (Å²) in [6.07, 6.45) is 1.04. The Morgan fingerprint density at radius 1 is 0.912 bits per heavy atom. The number of hydrazone groups is 1. The number of nitrogens with one attached hydrogen (secondary N) is 1. The van der Waals surface area contributed by atoms with Crippen LogP contribution in [0.1, 0.15) is 19.4 Å². The summed E-state index contributed by atoms with van der Waals surface area (Å²) in [6, 6.07) is 23.0. The van der Waals surface area contributed by atoms with E-state index in [0.717, 1.165) is 21.9 Å². The minimum Gasteiger partial charge on any atom is -0.494 e. The number of carbonyl (C=O) groups excluding carboxylic acids is 1. The van der Waals surface area contributed by atoms with Crippen LogP contribution < -0.4 is 19.2 Å². The molecule has 3 aromatic rings. The van der Waals surface area contributed by atoms with Gasteiger partial charge in [-0.15, -0.1) is 0 Å². The second-order valence-electron chi connectivity index (χ2n) is 7.37. The molecule has 0 saturated carbocycles. The molecule has 0 aromatic heterocycles. The van der Waals surface area contributed by atoms with Crippen LogP contribution in [-0.4, -0.2) is 39.4 Å². The Labute approximate surface area is 199 Å². The van der Waals surface area contributed by atoms with E-state index in [9.17, 15) is 13.2 Å². The molecule has 0 bridgehead atoms. The quantitative estimate of drug-likeness (QED) is 0.346. The maximum Gasteiger partial charge on any atom is 0.260 e. The third-order valence-corrected chi connectivity index (χ3v) is 5.86. The van der Waals surface area contributed by atoms with E-state index in [-0.39, 0.29) is 0 Å². The third-order valence-electron chi connectivity index (χ3n) is 4.72. The van der Waals surface area contributed by atoms with E-state index in [1.807, 2.05) is 61.5 Å². The minimum atomic E-state index is -3.72. The fraction of sp³-hybridized carbons (Fsp3) is 0.200. The van der Waals surface area contributed by atoms with E-state index in [2.05, 4.69) is 10.5 Å². The molecule has 0 aliphatic heterocycles. The van der Waals surface area contributed by atoms with Gasteiger partial charge in [-0.25, -0.2) is 13.8 Å². The molecule has 3 rings (SSSR count). The number of sulfonamides is 1. The molecule has 34 heavy (non-hydrogen) atoms. The van der Waals surface area contributed by atoms with Gasteiger partial charge in [0.2, 0.25) is 10.0 Å². The summed E-state index contributed by atoms with van der Waals surface area (Å²) < 4.78 is 36.9. The molecular formula is C25H27N3O5S. The first-order valence-corrected chi connectivity index (χ1v) is 12.5. The van der Waals surface area contributed by atoms with Gasteiger partial charge < -0.3 is 9.47 Å². The molecule has 0 heterocycles. The van der Waals surface area contributed by atoms with Crippen molar-refractivity contribution in [3.05, 3.63) is 84.4 Å². The fourth-order valence-electron chi connectivity index (χ4n) is 3.04. The molecule has 1 amide bonds. The highest BCUT2D eigenvalue weighted by atomic mass is 32.2. The second-order valence-corrected chi connectivity index (χ2v) is 9.28. The molecule has 9 heteroatoms. The van der Waals surface area contributed by atoms with Crippen molar-refractivity contribution in [2.45, 2.75) is 13.8 Å². The number of carbonyl (C=O) groups is 1. The summed E-state index contributed by atoms with van der Waals surface area (Å²) in [5.41, 5.74) is 4.14. The lowest BCUT2D eigenvalue weighted by atomic mass is 10.1. The van der Waals surface area contributed by atoms with Gasteiger partial charge in [0, 0.05) is 0 Å². The molecule has 0 atom stereocenters. The highest BCUT2D eigenvalue weighted by molar-refractivity contribution is 7.92. The molecule has 0 radical (unpaired) electrons. The van der Waals surface area contributed by atoms with E-state index in [4.69, 9.17) is 9.47 Å². The average molecular weight is 482 g/mol. The van der Waals surface area contributed by atoms with Crippen LogP contribution in [0.4, 0.5) is 5.69 Å². The Kier molecular flexibility index (Phi) is 8.26. The Balaban J connectivity index is 1.66. The molecule has 0 spiro atoms. The summed E-state index contributed by atoms with van der Waals surface area (Å²) >= 11 is 0. The summed E-state index contributed by atoms with van der Waals surface area (Å²) in [5.74, 6) is 1.38. The smallest absolute Gasteiger partial charge is 0.260 e. The topological polar surface area (TPSA) is 97.3 Å². The molecule has 8 nitrogen and oxygen atoms in total. The van der Waals surface area contributed by atoms with Crippen molar-refractivity contribution in [1.82, 2.24) is 5.43 Å². The number of ether oxygens (including phenoxy) is 2. The number of benzene rings is 3. The number of para-hydroxylation sites is 1. The van der Waals surface area contributed by atoms with Crippen LogP contribution >= 0.6 is 0 Å². The van der Waals surface area contributed by atoms with Crippen molar-refractivity contribution < 1.29 is 22.7 Å². The van der Waals surface area contributed by atoms with E-state index in [0.29, 0.717) is 29.5 Å². The van der Waals surface area contributed by atoms with Crippen molar-refractivity contribution in [2.75, 3.05) is 23.7 Å². The highest BCUT2D eigenvalue weighted by Gasteiger charge is 2.21. The van der Waals surface area contributed by atoms with Gasteiger partial charge >= 0.3 is 0 Å². The van der Waals surface area contributed by atoms with Crippen molar-refractivity contribution in [3.8, 4) is 17.2 Å². The first-order valence-electron chi connectivity index (χ1n) is 10.6. The number of rotatable bonds is 10. The highest BCUT2D eigenvalue weighted by Crippen LogP contribution is 2.25. The zero-order valence-corrected chi connectivity index (χ0v) is 20.1. The first kappa shape index (κ1) is 24.8. The molecule has 0 unspecified atom stereocenters. The van der Waals surface area contributed by atoms with Gasteiger partial charge in [0.25, 0.3) is 5.91 Å². The van der Waals surface area contributed by atoms with Crippen LogP contribution in [0.15, 0.2) is 84.0 Å². The summed E-state index contributed by atoms with van der Waals surface area (Å²) in [5, 5.41) is 4.09. The number of nitrogens with zero attached hydrogens (tertiary/aromatic N) is 2. The molecule has 178 valence electrons. The SMILES string of the molecule is CCOc1ccc(C(C)=NNC(=O)CN(c2ccc(Oc3ccccc3)cc2)S(C)(=O)=O)cc1. The molecular weight excluding hydrogens is 454 g/mol. The van der Waals surface area contributed by atoms with Gasteiger partial charge in [0.15, 0.2) is 0 Å². The zero-order valence-electron chi connectivity index (χ0n) is 19.3. The fourth-order valence-corrected chi connectivity index (χ4v) is 3.90. The molecule has 3 aromatic carbocycles. The summed E-state index contributed by atoms with van der Waals surface area (Å²) in [6.45, 7) is 3.80. The average Bonchev–Trinajstić information content (AvgIpc) is 2.82. The van der Waals surface area contributed by atoms with Crippen LogP contribution in [0.25, 0.3) is 0 Å². The lowest BCUT2D eigenvalue weighted by Gasteiger charge is -2.21. The third kappa shape index (κ3) is 7.08. The van der Waals surface area contributed by atoms with Crippen molar-refractivity contribution in [1.29, 1.82) is 0 Å². The lowest BCUT2D eigenvalue weighted by Crippen LogP contribution is -2.39. The Bertz CT molecular complexity index is 1230. The van der Waals surface area contributed by atoms with Gasteiger partial charge in [-0.2, -0.15) is 5.10 Å².